The largest absolute Gasteiger partial charge is 0.478 e. The molecule has 5 nitrogen and oxygen atoms in total. The van der Waals surface area contributed by atoms with E-state index in [0.717, 1.165) is 38.4 Å². The summed E-state index contributed by atoms with van der Waals surface area (Å²) in [5, 5.41) is 9.26. The summed E-state index contributed by atoms with van der Waals surface area (Å²) in [5.41, 5.74) is 0.666. The Morgan fingerprint density at radius 1 is 1.07 bits per heavy atom. The molecular formula is C21H20F3N3O2. The molecule has 1 aliphatic heterocycles. The first-order chi connectivity index (χ1) is 13.8. The van der Waals surface area contributed by atoms with Gasteiger partial charge in [0, 0.05) is 13.1 Å². The average molecular weight is 403 g/mol. The molecule has 1 N–H and O–H groups in total. The van der Waals surface area contributed by atoms with Gasteiger partial charge in [-0.1, -0.05) is 18.2 Å². The number of fused-ring (bicyclic) bond motifs is 1. The summed E-state index contributed by atoms with van der Waals surface area (Å²) in [4.78, 5) is 18.0. The fourth-order valence-corrected chi connectivity index (χ4v) is 3.85. The van der Waals surface area contributed by atoms with Crippen molar-refractivity contribution < 1.29 is 23.1 Å². The zero-order valence-electron chi connectivity index (χ0n) is 15.6. The number of aromatic carboxylic acids is 1. The van der Waals surface area contributed by atoms with Crippen molar-refractivity contribution in [3.8, 4) is 0 Å². The maximum Gasteiger partial charge on any atom is 0.416 e. The Labute approximate surface area is 165 Å². The summed E-state index contributed by atoms with van der Waals surface area (Å²) in [6, 6.07) is 10.1. The Bertz CT molecular complexity index is 1050. The second-order valence-corrected chi connectivity index (χ2v) is 7.21. The highest BCUT2D eigenvalue weighted by Gasteiger charge is 2.33. The number of carbonyl (C=O) groups is 1. The van der Waals surface area contributed by atoms with Crippen LogP contribution in [0, 0.1) is 0 Å². The lowest BCUT2D eigenvalue weighted by Crippen LogP contribution is -2.32. The second-order valence-electron chi connectivity index (χ2n) is 7.21. The number of hydrogen-bond donors (Lipinski definition) is 1. The molecule has 1 saturated heterocycles. The first-order valence-corrected chi connectivity index (χ1v) is 9.48. The molecule has 1 fully saturated rings. The molecule has 0 saturated carbocycles. The van der Waals surface area contributed by atoms with E-state index in [-0.39, 0.29) is 17.7 Å². The minimum absolute atomic E-state index is 0.00440. The molecule has 0 amide bonds. The first kappa shape index (κ1) is 19.3. The van der Waals surface area contributed by atoms with Crippen molar-refractivity contribution in [2.45, 2.75) is 32.0 Å². The van der Waals surface area contributed by atoms with Crippen molar-refractivity contribution in [1.82, 2.24) is 9.55 Å². The van der Waals surface area contributed by atoms with Gasteiger partial charge in [0.25, 0.3) is 0 Å². The van der Waals surface area contributed by atoms with Crippen LogP contribution in [-0.4, -0.2) is 33.7 Å². The normalized spacial score (nSPS) is 15.1. The second kappa shape index (κ2) is 7.42. The van der Waals surface area contributed by atoms with Crippen LogP contribution in [0.25, 0.3) is 11.0 Å². The number of benzene rings is 2. The Hall–Kier alpha value is -3.03. The zero-order valence-corrected chi connectivity index (χ0v) is 15.6. The van der Waals surface area contributed by atoms with Gasteiger partial charge in [-0.3, -0.25) is 0 Å². The smallest absolute Gasteiger partial charge is 0.416 e. The summed E-state index contributed by atoms with van der Waals surface area (Å²) in [7, 11) is 0. The topological polar surface area (TPSA) is 58.4 Å². The average Bonchev–Trinajstić information content (AvgIpc) is 3.06. The summed E-state index contributed by atoms with van der Waals surface area (Å²) >= 11 is 0. The maximum absolute atomic E-state index is 13.5. The van der Waals surface area contributed by atoms with Gasteiger partial charge in [-0.05, 0) is 49.1 Å². The van der Waals surface area contributed by atoms with Crippen LogP contribution in [0.3, 0.4) is 0 Å². The molecule has 3 aromatic rings. The van der Waals surface area contributed by atoms with Crippen molar-refractivity contribution in [3.05, 3.63) is 59.2 Å². The number of rotatable bonds is 4. The van der Waals surface area contributed by atoms with Gasteiger partial charge in [-0.15, -0.1) is 0 Å². The number of piperidine rings is 1. The maximum atomic E-state index is 13.5. The number of carboxylic acids is 1. The Balaban J connectivity index is 1.85. The molecule has 2 heterocycles. The zero-order chi connectivity index (χ0) is 20.6. The van der Waals surface area contributed by atoms with E-state index in [1.165, 1.54) is 24.3 Å². The van der Waals surface area contributed by atoms with E-state index in [0.29, 0.717) is 17.0 Å². The fraction of sp³-hybridized carbons (Fsp3) is 0.333. The van der Waals surface area contributed by atoms with E-state index >= 15 is 0 Å². The van der Waals surface area contributed by atoms with E-state index in [2.05, 4.69) is 9.88 Å². The number of nitrogens with zero attached hydrogens (tertiary/aromatic N) is 3. The lowest BCUT2D eigenvalue weighted by molar-refractivity contribution is -0.138. The molecular weight excluding hydrogens is 383 g/mol. The quantitative estimate of drug-likeness (QED) is 0.680. The van der Waals surface area contributed by atoms with Crippen molar-refractivity contribution in [3.63, 3.8) is 0 Å². The molecule has 4 rings (SSSR count). The molecule has 1 aromatic heterocycles. The van der Waals surface area contributed by atoms with Crippen molar-refractivity contribution in [2.24, 2.45) is 0 Å². The van der Waals surface area contributed by atoms with Gasteiger partial charge in [0.1, 0.15) is 0 Å². The molecule has 1 aliphatic rings. The van der Waals surface area contributed by atoms with E-state index in [1.54, 1.807) is 16.7 Å². The number of hydrogen-bond acceptors (Lipinski definition) is 3. The molecule has 2 aromatic carbocycles. The predicted octanol–water partition coefficient (Wildman–Crippen LogP) is 4.79. The van der Waals surface area contributed by atoms with Gasteiger partial charge in [0.05, 0.1) is 28.7 Å². The van der Waals surface area contributed by atoms with Crippen molar-refractivity contribution >= 4 is 23.0 Å². The van der Waals surface area contributed by atoms with E-state index in [4.69, 9.17) is 0 Å². The predicted molar refractivity (Wildman–Crippen MR) is 103 cm³/mol. The molecule has 29 heavy (non-hydrogen) atoms. The van der Waals surface area contributed by atoms with Crippen LogP contribution in [0.2, 0.25) is 0 Å². The highest BCUT2D eigenvalue weighted by Crippen LogP contribution is 2.34. The summed E-state index contributed by atoms with van der Waals surface area (Å²) in [6.07, 6.45) is -1.36. The van der Waals surface area contributed by atoms with Crippen LogP contribution in [0.4, 0.5) is 19.1 Å². The minimum Gasteiger partial charge on any atom is -0.478 e. The van der Waals surface area contributed by atoms with Crippen LogP contribution in [-0.2, 0) is 12.7 Å². The van der Waals surface area contributed by atoms with Gasteiger partial charge in [0.2, 0.25) is 5.95 Å². The van der Waals surface area contributed by atoms with Gasteiger partial charge < -0.3 is 14.6 Å². The Morgan fingerprint density at radius 3 is 2.48 bits per heavy atom. The molecule has 0 spiro atoms. The number of halogens is 3. The first-order valence-electron chi connectivity index (χ1n) is 9.48. The molecule has 152 valence electrons. The Kier molecular flexibility index (Phi) is 4.94. The molecule has 0 aliphatic carbocycles. The number of anilines is 1. The van der Waals surface area contributed by atoms with Crippen LogP contribution in [0.1, 0.15) is 40.7 Å². The van der Waals surface area contributed by atoms with Crippen molar-refractivity contribution in [1.29, 1.82) is 0 Å². The lowest BCUT2D eigenvalue weighted by Gasteiger charge is -2.28. The Morgan fingerprint density at radius 2 is 1.79 bits per heavy atom. The van der Waals surface area contributed by atoms with Crippen LogP contribution >= 0.6 is 0 Å². The molecule has 8 heteroatoms. The van der Waals surface area contributed by atoms with E-state index in [9.17, 15) is 23.1 Å². The van der Waals surface area contributed by atoms with Crippen molar-refractivity contribution in [2.75, 3.05) is 18.0 Å². The number of alkyl halides is 3. The van der Waals surface area contributed by atoms with Gasteiger partial charge >= 0.3 is 12.1 Å². The highest BCUT2D eigenvalue weighted by atomic mass is 19.4. The number of carboxylic acid groups (broad SMARTS) is 1. The molecule has 0 radical (unpaired) electrons. The highest BCUT2D eigenvalue weighted by molar-refractivity contribution is 5.93. The van der Waals surface area contributed by atoms with Crippen LogP contribution in [0.15, 0.2) is 42.5 Å². The molecule has 0 bridgehead atoms. The molecule has 0 atom stereocenters. The third kappa shape index (κ3) is 3.79. The third-order valence-corrected chi connectivity index (χ3v) is 5.27. The van der Waals surface area contributed by atoms with Gasteiger partial charge in [-0.2, -0.15) is 13.2 Å². The standard InChI is InChI=1S/C21H20F3N3O2/c22-21(23,24)16-7-3-2-6-15(16)13-27-18-9-8-14(19(28)29)12-17(18)25-20(27)26-10-4-1-5-11-26/h2-3,6-9,12H,1,4-5,10-11,13H2,(H,28,29). The van der Waals surface area contributed by atoms with E-state index in [1.807, 2.05) is 0 Å². The SMILES string of the molecule is O=C(O)c1ccc2c(c1)nc(N1CCCCC1)n2Cc1ccccc1C(F)(F)F. The summed E-state index contributed by atoms with van der Waals surface area (Å²) < 4.78 is 42.2. The third-order valence-electron chi connectivity index (χ3n) is 5.27. The fourth-order valence-electron chi connectivity index (χ4n) is 3.85. The minimum atomic E-state index is -4.45. The summed E-state index contributed by atoms with van der Waals surface area (Å²) in [6.45, 7) is 1.55. The number of aromatic nitrogens is 2. The number of imidazole rings is 1. The van der Waals surface area contributed by atoms with Gasteiger partial charge in [0.15, 0.2) is 0 Å². The van der Waals surface area contributed by atoms with Gasteiger partial charge in [-0.25, -0.2) is 9.78 Å². The monoisotopic (exact) mass is 403 g/mol. The van der Waals surface area contributed by atoms with E-state index < -0.39 is 17.7 Å². The van der Waals surface area contributed by atoms with Crippen LogP contribution < -0.4 is 4.90 Å². The lowest BCUT2D eigenvalue weighted by atomic mass is 10.1. The van der Waals surface area contributed by atoms with Crippen LogP contribution in [0.5, 0.6) is 0 Å². The molecule has 0 unspecified atom stereocenters. The summed E-state index contributed by atoms with van der Waals surface area (Å²) in [5.74, 6) is -0.484.